The summed E-state index contributed by atoms with van der Waals surface area (Å²) in [5.41, 5.74) is 1.34. The number of likely N-dealkylation sites (tertiary alicyclic amines) is 1. The molecule has 0 spiro atoms. The van der Waals surface area contributed by atoms with E-state index in [0.717, 1.165) is 30.8 Å². The number of nitrogens with zero attached hydrogens (tertiary/aromatic N) is 4. The van der Waals surface area contributed by atoms with E-state index in [0.29, 0.717) is 41.7 Å². The van der Waals surface area contributed by atoms with Gasteiger partial charge in [-0.3, -0.25) is 0 Å². The number of aromatic amines is 1. The Balaban J connectivity index is 1.53. The number of piperidine rings is 1. The van der Waals surface area contributed by atoms with Gasteiger partial charge in [0.2, 0.25) is 0 Å². The van der Waals surface area contributed by atoms with Crippen LogP contribution in [0.2, 0.25) is 5.02 Å². The molecule has 4 heterocycles. The minimum Gasteiger partial charge on any atom is -0.363 e. The molecule has 3 aromatic heterocycles. The maximum atomic E-state index is 14.4. The van der Waals surface area contributed by atoms with Crippen LogP contribution in [0.4, 0.5) is 15.0 Å². The lowest BCUT2D eigenvalue weighted by Crippen LogP contribution is -2.49. The first-order chi connectivity index (χ1) is 14.5. The fraction of sp³-hybridized carbons (Fsp3) is 0.400. The number of rotatable bonds is 5. The lowest BCUT2D eigenvalue weighted by atomic mass is 10.1. The summed E-state index contributed by atoms with van der Waals surface area (Å²) < 4.78 is 14.4. The number of pyridine rings is 1. The van der Waals surface area contributed by atoms with Crippen LogP contribution >= 0.6 is 11.6 Å². The number of nitrogens with one attached hydrogen (secondary N) is 3. The molecule has 0 unspecified atom stereocenters. The Morgan fingerprint density at radius 3 is 3.10 bits per heavy atom. The first-order valence-electron chi connectivity index (χ1n) is 10.00. The number of hydrogen-bond donors (Lipinski definition) is 3. The summed E-state index contributed by atoms with van der Waals surface area (Å²) in [6.07, 6.45) is 6.96. The highest BCUT2D eigenvalue weighted by Crippen LogP contribution is 2.28. The molecule has 0 aromatic carbocycles. The molecule has 1 aliphatic rings. The van der Waals surface area contributed by atoms with Gasteiger partial charge in [0.15, 0.2) is 17.5 Å². The van der Waals surface area contributed by atoms with Crippen molar-refractivity contribution in [3.05, 3.63) is 35.5 Å². The van der Waals surface area contributed by atoms with Crippen LogP contribution < -0.4 is 10.6 Å². The molecule has 4 rings (SSSR count). The van der Waals surface area contributed by atoms with Gasteiger partial charge in [0.05, 0.1) is 11.2 Å². The van der Waals surface area contributed by atoms with E-state index in [9.17, 15) is 9.18 Å². The van der Waals surface area contributed by atoms with E-state index in [2.05, 4.69) is 30.6 Å². The maximum Gasteiger partial charge on any atom is 0.317 e. The molecule has 0 bridgehead atoms. The fourth-order valence-corrected chi connectivity index (χ4v) is 3.74. The van der Waals surface area contributed by atoms with Gasteiger partial charge in [0.1, 0.15) is 5.65 Å². The summed E-state index contributed by atoms with van der Waals surface area (Å²) in [7, 11) is 0. The third kappa shape index (κ3) is 4.30. The molecule has 0 radical (unpaired) electrons. The zero-order valence-corrected chi connectivity index (χ0v) is 17.3. The molecule has 10 heteroatoms. The highest BCUT2D eigenvalue weighted by atomic mass is 35.5. The number of amides is 2. The van der Waals surface area contributed by atoms with Gasteiger partial charge in [-0.1, -0.05) is 18.5 Å². The summed E-state index contributed by atoms with van der Waals surface area (Å²) >= 11 is 6.06. The van der Waals surface area contributed by atoms with Crippen molar-refractivity contribution in [1.82, 2.24) is 30.2 Å². The fourth-order valence-electron chi connectivity index (χ4n) is 3.58. The predicted molar refractivity (Wildman–Crippen MR) is 114 cm³/mol. The van der Waals surface area contributed by atoms with E-state index >= 15 is 0 Å². The zero-order valence-electron chi connectivity index (χ0n) is 16.6. The summed E-state index contributed by atoms with van der Waals surface area (Å²) in [6, 6.07) is 1.58. The highest BCUT2D eigenvalue weighted by Gasteiger charge is 2.25. The van der Waals surface area contributed by atoms with E-state index in [-0.39, 0.29) is 17.9 Å². The molecule has 0 aliphatic carbocycles. The second kappa shape index (κ2) is 8.83. The molecule has 3 aromatic rings. The molecule has 30 heavy (non-hydrogen) atoms. The van der Waals surface area contributed by atoms with Crippen LogP contribution in [0.3, 0.4) is 0 Å². The molecule has 158 valence electrons. The number of hydrogen-bond acceptors (Lipinski definition) is 5. The van der Waals surface area contributed by atoms with Crippen LogP contribution in [0.5, 0.6) is 0 Å². The molecule has 1 saturated heterocycles. The molecule has 1 fully saturated rings. The Labute approximate surface area is 178 Å². The lowest BCUT2D eigenvalue weighted by Gasteiger charge is -2.33. The van der Waals surface area contributed by atoms with Gasteiger partial charge in [-0.15, -0.1) is 0 Å². The Morgan fingerprint density at radius 1 is 1.40 bits per heavy atom. The van der Waals surface area contributed by atoms with Crippen molar-refractivity contribution < 1.29 is 9.18 Å². The first-order valence-corrected chi connectivity index (χ1v) is 10.4. The second-order valence-electron chi connectivity index (χ2n) is 7.30. The van der Waals surface area contributed by atoms with Gasteiger partial charge in [-0.25, -0.2) is 24.1 Å². The summed E-state index contributed by atoms with van der Waals surface area (Å²) in [4.78, 5) is 29.8. The topological polar surface area (TPSA) is 98.8 Å². The molecule has 2 amide bonds. The van der Waals surface area contributed by atoms with Crippen molar-refractivity contribution >= 4 is 34.5 Å². The summed E-state index contributed by atoms with van der Waals surface area (Å²) in [5.74, 6) is -0.0602. The van der Waals surface area contributed by atoms with E-state index < -0.39 is 5.82 Å². The van der Waals surface area contributed by atoms with Gasteiger partial charge in [0.25, 0.3) is 0 Å². The molecule has 8 nitrogen and oxygen atoms in total. The van der Waals surface area contributed by atoms with Gasteiger partial charge in [0, 0.05) is 49.0 Å². The Morgan fingerprint density at radius 2 is 2.27 bits per heavy atom. The highest BCUT2D eigenvalue weighted by molar-refractivity contribution is 6.31. The standard InChI is InChI=1S/C20H23ClFN7O/c1-2-5-23-20(30)29-6-3-4-13(11-29)27-19-16(22)10-26-18(28-19)15-9-25-17-14(15)7-12(21)8-24-17/h7-10,13H,2-6,11H2,1H3,(H,23,30)(H,24,25)(H,26,27,28)/t13-/m0/s1. The van der Waals surface area contributed by atoms with Crippen LogP contribution in [0, 0.1) is 5.82 Å². The van der Waals surface area contributed by atoms with Crippen molar-refractivity contribution in [1.29, 1.82) is 0 Å². The van der Waals surface area contributed by atoms with Crippen LogP contribution in [0.25, 0.3) is 22.4 Å². The Hall–Kier alpha value is -2.94. The van der Waals surface area contributed by atoms with Crippen molar-refractivity contribution in [2.24, 2.45) is 0 Å². The lowest BCUT2D eigenvalue weighted by molar-refractivity contribution is 0.182. The molecule has 1 atom stereocenters. The Kier molecular flexibility index (Phi) is 5.98. The number of carbonyl (C=O) groups excluding carboxylic acids is 1. The average Bonchev–Trinajstić information content (AvgIpc) is 3.17. The number of carbonyl (C=O) groups is 1. The van der Waals surface area contributed by atoms with Crippen molar-refractivity contribution in [3.8, 4) is 11.4 Å². The minimum absolute atomic E-state index is 0.0876. The van der Waals surface area contributed by atoms with Gasteiger partial charge in [-0.2, -0.15) is 0 Å². The van der Waals surface area contributed by atoms with E-state index in [4.69, 9.17) is 11.6 Å². The maximum absolute atomic E-state index is 14.4. The van der Waals surface area contributed by atoms with E-state index in [1.807, 2.05) is 6.92 Å². The van der Waals surface area contributed by atoms with Crippen LogP contribution in [-0.2, 0) is 0 Å². The largest absolute Gasteiger partial charge is 0.363 e. The quantitative estimate of drug-likeness (QED) is 0.570. The van der Waals surface area contributed by atoms with Crippen LogP contribution in [0.15, 0.2) is 24.7 Å². The number of halogens is 2. The molecular formula is C20H23ClFN7O. The van der Waals surface area contributed by atoms with Crippen molar-refractivity contribution in [3.63, 3.8) is 0 Å². The van der Waals surface area contributed by atoms with Crippen LogP contribution in [0.1, 0.15) is 26.2 Å². The predicted octanol–water partition coefficient (Wildman–Crippen LogP) is 3.81. The van der Waals surface area contributed by atoms with Crippen LogP contribution in [-0.4, -0.2) is 56.5 Å². The SMILES string of the molecule is CCCNC(=O)N1CCC[C@H](Nc2nc(-c3c[nH]c4ncc(Cl)cc34)ncc2F)C1. The van der Waals surface area contributed by atoms with E-state index in [1.54, 1.807) is 23.4 Å². The summed E-state index contributed by atoms with van der Waals surface area (Å²) in [6.45, 7) is 3.82. The number of anilines is 1. The molecular weight excluding hydrogens is 409 g/mol. The zero-order chi connectivity index (χ0) is 21.1. The monoisotopic (exact) mass is 431 g/mol. The average molecular weight is 432 g/mol. The summed E-state index contributed by atoms with van der Waals surface area (Å²) in [5, 5.41) is 7.29. The Bertz CT molecular complexity index is 1060. The third-order valence-electron chi connectivity index (χ3n) is 5.06. The van der Waals surface area contributed by atoms with E-state index in [1.165, 1.54) is 0 Å². The molecule has 3 N–H and O–H groups in total. The number of urea groups is 1. The van der Waals surface area contributed by atoms with Gasteiger partial charge < -0.3 is 20.5 Å². The van der Waals surface area contributed by atoms with Crippen molar-refractivity contribution in [2.75, 3.05) is 25.0 Å². The normalized spacial score (nSPS) is 16.6. The van der Waals surface area contributed by atoms with Crippen molar-refractivity contribution in [2.45, 2.75) is 32.2 Å². The van der Waals surface area contributed by atoms with Gasteiger partial charge in [-0.05, 0) is 25.3 Å². The smallest absolute Gasteiger partial charge is 0.317 e. The number of fused-ring (bicyclic) bond motifs is 1. The number of aromatic nitrogens is 4. The number of H-pyrrole nitrogens is 1. The second-order valence-corrected chi connectivity index (χ2v) is 7.74. The molecule has 0 saturated carbocycles. The first kappa shape index (κ1) is 20.3. The third-order valence-corrected chi connectivity index (χ3v) is 5.27. The minimum atomic E-state index is -0.540. The molecule has 1 aliphatic heterocycles. The van der Waals surface area contributed by atoms with Gasteiger partial charge >= 0.3 is 6.03 Å².